The third-order valence-corrected chi connectivity index (χ3v) is 6.66. The standard InChI is InChI=1S/C26H32N2O6S/c1-25(2,3)34-24(32)28-26(4,5)21(23(31)33-6)27-22(30)20-13-17-10-8-15(11-19(17)35-20)7-9-16-12-18(16)14-29/h8,10-11,13,16,18,21,29H,12,14H2,1-6H3,(H,27,30)(H,28,32). The molecule has 9 heteroatoms. The maximum absolute atomic E-state index is 13.1. The van der Waals surface area contributed by atoms with Gasteiger partial charge in [-0.2, -0.15) is 0 Å². The summed E-state index contributed by atoms with van der Waals surface area (Å²) >= 11 is 1.28. The fourth-order valence-corrected chi connectivity index (χ4v) is 4.52. The molecule has 0 saturated heterocycles. The lowest BCUT2D eigenvalue weighted by Crippen LogP contribution is -2.62. The molecule has 1 aliphatic rings. The van der Waals surface area contributed by atoms with E-state index in [4.69, 9.17) is 14.6 Å². The summed E-state index contributed by atoms with van der Waals surface area (Å²) in [7, 11) is 1.22. The first-order chi connectivity index (χ1) is 16.3. The molecule has 3 N–H and O–H groups in total. The van der Waals surface area contributed by atoms with E-state index < -0.39 is 35.2 Å². The van der Waals surface area contributed by atoms with Crippen molar-refractivity contribution in [2.45, 2.75) is 58.2 Å². The number of hydrogen-bond acceptors (Lipinski definition) is 7. The number of aliphatic hydroxyl groups is 1. The van der Waals surface area contributed by atoms with Gasteiger partial charge in [0.25, 0.3) is 5.91 Å². The van der Waals surface area contributed by atoms with E-state index in [0.29, 0.717) is 4.88 Å². The summed E-state index contributed by atoms with van der Waals surface area (Å²) in [5.41, 5.74) is -1.08. The Bertz CT molecular complexity index is 1180. The number of fused-ring (bicyclic) bond motifs is 1. The van der Waals surface area contributed by atoms with Crippen molar-refractivity contribution in [1.82, 2.24) is 10.6 Å². The molecular formula is C26H32N2O6S. The van der Waals surface area contributed by atoms with Gasteiger partial charge in [-0.1, -0.05) is 17.9 Å². The average molecular weight is 501 g/mol. The first kappa shape index (κ1) is 26.5. The number of alkyl carbamates (subject to hydrolysis) is 1. The fraction of sp³-hybridized carbons (Fsp3) is 0.500. The Hall–Kier alpha value is -3.09. The first-order valence-corrected chi connectivity index (χ1v) is 12.2. The van der Waals surface area contributed by atoms with Gasteiger partial charge in [-0.3, -0.25) is 4.79 Å². The van der Waals surface area contributed by atoms with E-state index in [1.165, 1.54) is 18.4 Å². The third kappa shape index (κ3) is 6.96. The molecule has 0 aliphatic heterocycles. The zero-order valence-electron chi connectivity index (χ0n) is 20.9. The van der Waals surface area contributed by atoms with E-state index in [9.17, 15) is 14.4 Å². The first-order valence-electron chi connectivity index (χ1n) is 11.4. The number of rotatable bonds is 6. The molecule has 2 aromatic rings. The quantitative estimate of drug-likeness (QED) is 0.414. The van der Waals surface area contributed by atoms with E-state index in [1.807, 2.05) is 18.2 Å². The number of nitrogens with one attached hydrogen (secondary N) is 2. The molecule has 3 unspecified atom stereocenters. The van der Waals surface area contributed by atoms with Crippen molar-refractivity contribution >= 4 is 39.4 Å². The Labute approximate surface area is 209 Å². The molecule has 1 aromatic heterocycles. The van der Waals surface area contributed by atoms with Gasteiger partial charge < -0.3 is 25.2 Å². The van der Waals surface area contributed by atoms with Crippen LogP contribution in [0.15, 0.2) is 24.3 Å². The number of carbonyl (C=O) groups excluding carboxylic acids is 3. The predicted octanol–water partition coefficient (Wildman–Crippen LogP) is 3.46. The van der Waals surface area contributed by atoms with Crippen molar-refractivity contribution in [1.29, 1.82) is 0 Å². The smallest absolute Gasteiger partial charge is 0.408 e. The lowest BCUT2D eigenvalue weighted by Gasteiger charge is -2.34. The number of benzene rings is 1. The van der Waals surface area contributed by atoms with E-state index in [0.717, 1.165) is 22.1 Å². The summed E-state index contributed by atoms with van der Waals surface area (Å²) in [5.74, 6) is 5.69. The zero-order chi connectivity index (χ0) is 26.0. The van der Waals surface area contributed by atoms with Crippen LogP contribution in [0.2, 0.25) is 0 Å². The molecule has 3 atom stereocenters. The van der Waals surface area contributed by atoms with Crippen molar-refractivity contribution in [3.8, 4) is 11.8 Å². The number of aliphatic hydroxyl groups excluding tert-OH is 1. The Morgan fingerprint density at radius 2 is 1.91 bits per heavy atom. The molecule has 0 bridgehead atoms. The molecule has 8 nitrogen and oxygen atoms in total. The highest BCUT2D eigenvalue weighted by atomic mass is 32.1. The van der Waals surface area contributed by atoms with E-state index in [-0.39, 0.29) is 18.4 Å². The molecular weight excluding hydrogens is 468 g/mol. The van der Waals surface area contributed by atoms with Crippen molar-refractivity contribution in [2.75, 3.05) is 13.7 Å². The normalized spacial score (nSPS) is 18.1. The molecule has 1 aliphatic carbocycles. The minimum Gasteiger partial charge on any atom is -0.467 e. The molecule has 1 aromatic carbocycles. The number of carbonyl (C=O) groups is 3. The van der Waals surface area contributed by atoms with Crippen LogP contribution in [0.5, 0.6) is 0 Å². The average Bonchev–Trinajstić information content (AvgIpc) is 3.40. The highest BCUT2D eigenvalue weighted by Gasteiger charge is 2.40. The van der Waals surface area contributed by atoms with Gasteiger partial charge in [-0.05, 0) is 70.5 Å². The molecule has 35 heavy (non-hydrogen) atoms. The zero-order valence-corrected chi connectivity index (χ0v) is 21.7. The summed E-state index contributed by atoms with van der Waals surface area (Å²) in [5, 5.41) is 15.4. The molecule has 0 spiro atoms. The lowest BCUT2D eigenvalue weighted by molar-refractivity contribution is -0.144. The van der Waals surface area contributed by atoms with Gasteiger partial charge in [0.15, 0.2) is 0 Å². The van der Waals surface area contributed by atoms with E-state index >= 15 is 0 Å². The van der Waals surface area contributed by atoms with Gasteiger partial charge in [0.2, 0.25) is 0 Å². The highest BCUT2D eigenvalue weighted by molar-refractivity contribution is 7.20. The van der Waals surface area contributed by atoms with Gasteiger partial charge in [0.05, 0.1) is 17.5 Å². The van der Waals surface area contributed by atoms with E-state index in [2.05, 4.69) is 22.5 Å². The maximum Gasteiger partial charge on any atom is 0.408 e. The third-order valence-electron chi connectivity index (χ3n) is 5.56. The summed E-state index contributed by atoms with van der Waals surface area (Å²) in [4.78, 5) is 38.3. The van der Waals surface area contributed by atoms with Gasteiger partial charge >= 0.3 is 12.1 Å². The van der Waals surface area contributed by atoms with Crippen molar-refractivity contribution in [3.05, 3.63) is 34.7 Å². The van der Waals surface area contributed by atoms with Gasteiger partial charge in [-0.15, -0.1) is 11.3 Å². The minimum absolute atomic E-state index is 0.165. The molecule has 3 rings (SSSR count). The van der Waals surface area contributed by atoms with Crippen LogP contribution < -0.4 is 10.6 Å². The van der Waals surface area contributed by atoms with Crippen LogP contribution in [0.1, 0.15) is 56.3 Å². The van der Waals surface area contributed by atoms with Crippen LogP contribution in [0.4, 0.5) is 4.79 Å². The summed E-state index contributed by atoms with van der Waals surface area (Å²) in [6, 6.07) is 6.31. The Balaban J connectivity index is 1.76. The topological polar surface area (TPSA) is 114 Å². The monoisotopic (exact) mass is 500 g/mol. The Morgan fingerprint density at radius 3 is 2.51 bits per heavy atom. The minimum atomic E-state index is -1.19. The number of amides is 2. The van der Waals surface area contributed by atoms with Crippen molar-refractivity contribution in [2.24, 2.45) is 11.8 Å². The molecule has 1 fully saturated rings. The largest absolute Gasteiger partial charge is 0.467 e. The predicted molar refractivity (Wildman–Crippen MR) is 134 cm³/mol. The van der Waals surface area contributed by atoms with Crippen LogP contribution in [-0.4, -0.2) is 54.0 Å². The van der Waals surface area contributed by atoms with Crippen LogP contribution >= 0.6 is 11.3 Å². The molecule has 1 heterocycles. The highest BCUT2D eigenvalue weighted by Crippen LogP contribution is 2.37. The van der Waals surface area contributed by atoms with Gasteiger partial charge in [0, 0.05) is 22.8 Å². The summed E-state index contributed by atoms with van der Waals surface area (Å²) < 4.78 is 11.1. The second-order valence-electron chi connectivity index (χ2n) is 10.2. The van der Waals surface area contributed by atoms with Crippen molar-refractivity contribution < 1.29 is 29.0 Å². The van der Waals surface area contributed by atoms with Crippen molar-refractivity contribution in [3.63, 3.8) is 0 Å². The summed E-state index contributed by atoms with van der Waals surface area (Å²) in [6.07, 6.45) is 0.216. The number of esters is 1. The summed E-state index contributed by atoms with van der Waals surface area (Å²) in [6.45, 7) is 8.57. The second kappa shape index (κ2) is 10.3. The number of hydrogen-bond donors (Lipinski definition) is 3. The second-order valence-corrected chi connectivity index (χ2v) is 11.3. The maximum atomic E-state index is 13.1. The number of ether oxygens (including phenoxy) is 2. The Kier molecular flexibility index (Phi) is 7.77. The molecule has 2 amide bonds. The molecule has 188 valence electrons. The van der Waals surface area contributed by atoms with Crippen LogP contribution in [0, 0.1) is 23.7 Å². The van der Waals surface area contributed by atoms with E-state index in [1.54, 1.807) is 40.7 Å². The lowest BCUT2D eigenvalue weighted by atomic mass is 9.94. The number of methoxy groups -OCH3 is 1. The van der Waals surface area contributed by atoms with Crippen LogP contribution in [0.3, 0.4) is 0 Å². The number of thiophene rings is 1. The van der Waals surface area contributed by atoms with Crippen LogP contribution in [-0.2, 0) is 14.3 Å². The fourth-order valence-electron chi connectivity index (χ4n) is 3.52. The molecule has 0 radical (unpaired) electrons. The molecule has 1 saturated carbocycles. The Morgan fingerprint density at radius 1 is 1.20 bits per heavy atom. The van der Waals surface area contributed by atoms with Crippen LogP contribution in [0.25, 0.3) is 10.1 Å². The SMILES string of the molecule is COC(=O)C(NC(=O)c1cc2ccc(C#CC3CC3CO)cc2s1)C(C)(C)NC(=O)OC(C)(C)C. The van der Waals surface area contributed by atoms with Gasteiger partial charge in [-0.25, -0.2) is 9.59 Å². The van der Waals surface area contributed by atoms with Gasteiger partial charge in [0.1, 0.15) is 11.6 Å².